The first-order chi connectivity index (χ1) is 16.9. The largest absolute Gasteiger partial charge is 0.417 e. The van der Waals surface area contributed by atoms with E-state index in [2.05, 4.69) is 5.32 Å². The molecule has 0 heterocycles. The number of hydrogen-bond donors (Lipinski definition) is 1. The number of carbonyl (C=O) groups is 2. The number of sulfonamides is 1. The van der Waals surface area contributed by atoms with Crippen molar-refractivity contribution in [1.82, 2.24) is 10.2 Å². The van der Waals surface area contributed by atoms with E-state index in [0.717, 1.165) is 18.4 Å². The van der Waals surface area contributed by atoms with E-state index in [-0.39, 0.29) is 18.7 Å². The van der Waals surface area contributed by atoms with E-state index in [1.54, 1.807) is 58.0 Å². The summed E-state index contributed by atoms with van der Waals surface area (Å²) in [5.74, 6) is -1.19. The van der Waals surface area contributed by atoms with Crippen molar-refractivity contribution in [3.63, 3.8) is 0 Å². The third-order valence-corrected chi connectivity index (χ3v) is 6.77. The standard InChI is InChI=1S/C25H31ClF3N3O4S/c1-6-21(23(34)30-24(2,3)4)31(15-17-10-8-7-9-11-17)22(33)16-32(37(5,35)36)18-12-13-20(26)19(14-18)25(27,28)29/h7-14,21H,6,15-16H2,1-5H3,(H,30,34). The van der Waals surface area contributed by atoms with Crippen molar-refractivity contribution in [3.05, 3.63) is 64.7 Å². The van der Waals surface area contributed by atoms with Crippen LogP contribution in [0.2, 0.25) is 5.02 Å². The first-order valence-electron chi connectivity index (χ1n) is 11.4. The molecule has 7 nitrogen and oxygen atoms in total. The van der Waals surface area contributed by atoms with Crippen LogP contribution >= 0.6 is 11.6 Å². The minimum absolute atomic E-state index is 0.0121. The van der Waals surface area contributed by atoms with Crippen molar-refractivity contribution in [1.29, 1.82) is 0 Å². The van der Waals surface area contributed by atoms with Crippen LogP contribution in [0.1, 0.15) is 45.2 Å². The summed E-state index contributed by atoms with van der Waals surface area (Å²) in [5, 5.41) is 2.23. The molecule has 0 saturated heterocycles. The minimum atomic E-state index is -4.84. The van der Waals surface area contributed by atoms with E-state index in [9.17, 15) is 31.2 Å². The van der Waals surface area contributed by atoms with Crippen LogP contribution in [0.25, 0.3) is 0 Å². The van der Waals surface area contributed by atoms with Crippen molar-refractivity contribution < 1.29 is 31.2 Å². The lowest BCUT2D eigenvalue weighted by Gasteiger charge is -2.34. The number of nitrogens with one attached hydrogen (secondary N) is 1. The quantitative estimate of drug-likeness (QED) is 0.474. The van der Waals surface area contributed by atoms with Gasteiger partial charge in [0.15, 0.2) is 0 Å². The molecular formula is C25H31ClF3N3O4S. The SMILES string of the molecule is CCC(C(=O)NC(C)(C)C)N(Cc1ccccc1)C(=O)CN(c1ccc(Cl)c(C(F)(F)F)c1)S(C)(=O)=O. The smallest absolute Gasteiger partial charge is 0.350 e. The Bertz CT molecular complexity index is 1220. The molecule has 1 unspecified atom stereocenters. The van der Waals surface area contributed by atoms with Gasteiger partial charge in [-0.3, -0.25) is 13.9 Å². The van der Waals surface area contributed by atoms with E-state index in [0.29, 0.717) is 15.9 Å². The van der Waals surface area contributed by atoms with Crippen molar-refractivity contribution in [2.75, 3.05) is 17.1 Å². The van der Waals surface area contributed by atoms with E-state index in [4.69, 9.17) is 11.6 Å². The van der Waals surface area contributed by atoms with Gasteiger partial charge in [0, 0.05) is 12.1 Å². The molecule has 0 fully saturated rings. The second kappa shape index (κ2) is 11.7. The number of halogens is 4. The van der Waals surface area contributed by atoms with Crippen LogP contribution in [0.3, 0.4) is 0 Å². The fourth-order valence-electron chi connectivity index (χ4n) is 3.65. The Morgan fingerprint density at radius 2 is 1.65 bits per heavy atom. The first-order valence-corrected chi connectivity index (χ1v) is 13.7. The molecule has 0 aliphatic rings. The van der Waals surface area contributed by atoms with Crippen LogP contribution < -0.4 is 9.62 Å². The Hall–Kier alpha value is -2.79. The van der Waals surface area contributed by atoms with Crippen LogP contribution in [-0.4, -0.2) is 49.5 Å². The summed E-state index contributed by atoms with van der Waals surface area (Å²) in [5.41, 5.74) is -1.51. The van der Waals surface area contributed by atoms with Gasteiger partial charge < -0.3 is 10.2 Å². The van der Waals surface area contributed by atoms with Crippen molar-refractivity contribution in [3.8, 4) is 0 Å². The number of rotatable bonds is 9. The van der Waals surface area contributed by atoms with Gasteiger partial charge in [0.25, 0.3) is 0 Å². The summed E-state index contributed by atoms with van der Waals surface area (Å²) >= 11 is 5.69. The number of anilines is 1. The lowest BCUT2D eigenvalue weighted by atomic mass is 10.1. The van der Waals surface area contributed by atoms with Crippen molar-refractivity contribution in [2.24, 2.45) is 0 Å². The highest BCUT2D eigenvalue weighted by atomic mass is 35.5. The molecule has 2 aromatic rings. The fourth-order valence-corrected chi connectivity index (χ4v) is 4.72. The molecule has 0 aliphatic carbocycles. The number of carbonyl (C=O) groups excluding carboxylic acids is 2. The first kappa shape index (κ1) is 30.4. The summed E-state index contributed by atoms with van der Waals surface area (Å²) in [6.07, 6.45) is -3.83. The van der Waals surface area contributed by atoms with Crippen molar-refractivity contribution in [2.45, 2.75) is 58.4 Å². The van der Waals surface area contributed by atoms with E-state index in [1.807, 2.05) is 0 Å². The average molecular weight is 562 g/mol. The number of nitrogens with zero attached hydrogens (tertiary/aromatic N) is 2. The second-order valence-corrected chi connectivity index (χ2v) is 11.9. The zero-order chi connectivity index (χ0) is 28.2. The summed E-state index contributed by atoms with van der Waals surface area (Å²) < 4.78 is 66.1. The molecule has 0 spiro atoms. The van der Waals surface area contributed by atoms with Gasteiger partial charge >= 0.3 is 6.18 Å². The van der Waals surface area contributed by atoms with E-state index in [1.165, 1.54) is 4.90 Å². The lowest BCUT2D eigenvalue weighted by molar-refractivity contribution is -0.141. The Balaban J connectivity index is 2.52. The third-order valence-electron chi connectivity index (χ3n) is 5.30. The molecule has 0 saturated carbocycles. The molecule has 204 valence electrons. The zero-order valence-corrected chi connectivity index (χ0v) is 22.8. The highest BCUT2D eigenvalue weighted by Crippen LogP contribution is 2.37. The Labute approximate surface area is 220 Å². The number of hydrogen-bond acceptors (Lipinski definition) is 4. The van der Waals surface area contributed by atoms with Gasteiger partial charge in [-0.15, -0.1) is 0 Å². The van der Waals surface area contributed by atoms with Gasteiger partial charge in [-0.25, -0.2) is 8.42 Å². The second-order valence-electron chi connectivity index (χ2n) is 9.60. The monoisotopic (exact) mass is 561 g/mol. The van der Waals surface area contributed by atoms with Gasteiger partial charge in [0.1, 0.15) is 12.6 Å². The third kappa shape index (κ3) is 8.63. The van der Waals surface area contributed by atoms with Crippen LogP contribution in [-0.2, 0) is 32.3 Å². The maximum Gasteiger partial charge on any atom is 0.417 e. The summed E-state index contributed by atoms with van der Waals surface area (Å²) in [7, 11) is -4.20. The molecule has 0 aliphatic heterocycles. The maximum atomic E-state index is 13.6. The molecule has 2 amide bonds. The number of benzene rings is 2. The summed E-state index contributed by atoms with van der Waals surface area (Å²) in [6, 6.07) is 10.4. The molecule has 2 rings (SSSR count). The molecule has 37 heavy (non-hydrogen) atoms. The van der Waals surface area contributed by atoms with Crippen LogP contribution in [0, 0.1) is 0 Å². The predicted octanol–water partition coefficient (Wildman–Crippen LogP) is 4.85. The Kier molecular flexibility index (Phi) is 9.64. The number of amides is 2. The highest BCUT2D eigenvalue weighted by molar-refractivity contribution is 7.92. The van der Waals surface area contributed by atoms with Crippen LogP contribution in [0.5, 0.6) is 0 Å². The molecular weight excluding hydrogens is 531 g/mol. The van der Waals surface area contributed by atoms with Gasteiger partial charge in [-0.05, 0) is 51.0 Å². The maximum absolute atomic E-state index is 13.6. The number of alkyl halides is 3. The highest BCUT2D eigenvalue weighted by Gasteiger charge is 2.36. The van der Waals surface area contributed by atoms with Gasteiger partial charge in [-0.1, -0.05) is 48.9 Å². The average Bonchev–Trinajstić information content (AvgIpc) is 2.75. The summed E-state index contributed by atoms with van der Waals surface area (Å²) in [6.45, 7) is 6.23. The Morgan fingerprint density at radius 3 is 2.14 bits per heavy atom. The molecule has 0 bridgehead atoms. The van der Waals surface area contributed by atoms with Crippen LogP contribution in [0.4, 0.5) is 18.9 Å². The van der Waals surface area contributed by atoms with Gasteiger partial charge in [-0.2, -0.15) is 13.2 Å². The molecule has 1 N–H and O–H groups in total. The predicted molar refractivity (Wildman–Crippen MR) is 138 cm³/mol. The summed E-state index contributed by atoms with van der Waals surface area (Å²) in [4.78, 5) is 27.9. The Morgan fingerprint density at radius 1 is 1.05 bits per heavy atom. The molecule has 2 aromatic carbocycles. The zero-order valence-electron chi connectivity index (χ0n) is 21.3. The van der Waals surface area contributed by atoms with Crippen LogP contribution in [0.15, 0.2) is 48.5 Å². The topological polar surface area (TPSA) is 86.8 Å². The molecule has 12 heteroatoms. The molecule has 1 atom stereocenters. The van der Waals surface area contributed by atoms with Crippen molar-refractivity contribution >= 4 is 39.1 Å². The molecule has 0 aromatic heterocycles. The molecule has 0 radical (unpaired) electrons. The van der Waals surface area contributed by atoms with Gasteiger partial charge in [0.05, 0.1) is 22.5 Å². The van der Waals surface area contributed by atoms with E-state index >= 15 is 0 Å². The fraction of sp³-hybridized carbons (Fsp3) is 0.440. The normalized spacial score (nSPS) is 13.1. The lowest BCUT2D eigenvalue weighted by Crippen LogP contribution is -2.55. The minimum Gasteiger partial charge on any atom is -0.350 e. The van der Waals surface area contributed by atoms with Gasteiger partial charge in [0.2, 0.25) is 21.8 Å². The van der Waals surface area contributed by atoms with E-state index < -0.39 is 56.7 Å².